The van der Waals surface area contributed by atoms with Crippen LogP contribution in [-0.4, -0.2) is 26.7 Å². The van der Waals surface area contributed by atoms with Crippen molar-refractivity contribution in [3.8, 4) is 11.5 Å². The van der Waals surface area contributed by atoms with E-state index in [1.807, 2.05) is 0 Å². The zero-order valence-electron chi connectivity index (χ0n) is 12.2. The SMILES string of the molecule is CCOC(=O)Oc1ccc(OS(=O)(=O)C(F)(F)F)c2ccccc12. The molecule has 0 radical (unpaired) electrons. The van der Waals surface area contributed by atoms with Crippen LogP contribution in [0.3, 0.4) is 0 Å². The molecular formula is C14H11F3O6S. The zero-order chi connectivity index (χ0) is 18.0. The molecule has 0 fully saturated rings. The molecule has 0 aliphatic heterocycles. The van der Waals surface area contributed by atoms with Crippen molar-refractivity contribution in [2.24, 2.45) is 0 Å². The van der Waals surface area contributed by atoms with Gasteiger partial charge in [0.15, 0.2) is 5.75 Å². The van der Waals surface area contributed by atoms with E-state index in [2.05, 4.69) is 8.92 Å². The van der Waals surface area contributed by atoms with Gasteiger partial charge in [0.25, 0.3) is 0 Å². The van der Waals surface area contributed by atoms with Crippen LogP contribution in [0.1, 0.15) is 6.92 Å². The number of hydrogen-bond acceptors (Lipinski definition) is 6. The number of rotatable bonds is 4. The van der Waals surface area contributed by atoms with E-state index in [0.29, 0.717) is 0 Å². The topological polar surface area (TPSA) is 78.9 Å². The Hall–Kier alpha value is -2.49. The van der Waals surface area contributed by atoms with Crippen LogP contribution in [0.4, 0.5) is 18.0 Å². The van der Waals surface area contributed by atoms with Crippen LogP contribution in [0.25, 0.3) is 10.8 Å². The van der Waals surface area contributed by atoms with Crippen LogP contribution in [0.15, 0.2) is 36.4 Å². The molecule has 0 amide bonds. The molecule has 6 nitrogen and oxygen atoms in total. The van der Waals surface area contributed by atoms with Crippen LogP contribution < -0.4 is 8.92 Å². The van der Waals surface area contributed by atoms with Gasteiger partial charge in [0, 0.05) is 10.8 Å². The highest BCUT2D eigenvalue weighted by molar-refractivity contribution is 7.88. The van der Waals surface area contributed by atoms with E-state index in [1.54, 1.807) is 6.92 Å². The third-order valence-electron chi connectivity index (χ3n) is 2.78. The lowest BCUT2D eigenvalue weighted by Gasteiger charge is -2.13. The van der Waals surface area contributed by atoms with Crippen LogP contribution in [0.5, 0.6) is 11.5 Å². The van der Waals surface area contributed by atoms with Gasteiger partial charge in [-0.25, -0.2) is 4.79 Å². The highest BCUT2D eigenvalue weighted by Crippen LogP contribution is 2.36. The van der Waals surface area contributed by atoms with E-state index >= 15 is 0 Å². The van der Waals surface area contributed by atoms with Crippen molar-refractivity contribution in [3.05, 3.63) is 36.4 Å². The number of fused-ring (bicyclic) bond motifs is 1. The Balaban J connectivity index is 2.47. The summed E-state index contributed by atoms with van der Waals surface area (Å²) in [5.41, 5.74) is -5.56. The number of alkyl halides is 3. The summed E-state index contributed by atoms with van der Waals surface area (Å²) in [4.78, 5) is 11.4. The monoisotopic (exact) mass is 364 g/mol. The van der Waals surface area contributed by atoms with Gasteiger partial charge >= 0.3 is 21.8 Å². The average Bonchev–Trinajstić information content (AvgIpc) is 2.49. The summed E-state index contributed by atoms with van der Waals surface area (Å²) in [6, 6.07) is 7.82. The maximum Gasteiger partial charge on any atom is 0.534 e. The first-order chi connectivity index (χ1) is 11.2. The van der Waals surface area contributed by atoms with E-state index in [1.165, 1.54) is 24.3 Å². The van der Waals surface area contributed by atoms with Crippen molar-refractivity contribution >= 4 is 27.0 Å². The molecule has 0 spiro atoms. The molecule has 0 atom stereocenters. The normalized spacial score (nSPS) is 12.0. The molecule has 0 aromatic heterocycles. The summed E-state index contributed by atoms with van der Waals surface area (Å²) < 4.78 is 73.4. The number of carbonyl (C=O) groups is 1. The Bertz CT molecular complexity index is 860. The van der Waals surface area contributed by atoms with E-state index in [0.717, 1.165) is 12.1 Å². The molecule has 0 unspecified atom stereocenters. The summed E-state index contributed by atoms with van der Waals surface area (Å²) in [7, 11) is -5.82. The second-order valence-corrected chi connectivity index (χ2v) is 5.91. The molecule has 0 heterocycles. The number of benzene rings is 2. The van der Waals surface area contributed by atoms with Gasteiger partial charge in [-0.1, -0.05) is 24.3 Å². The maximum absolute atomic E-state index is 12.5. The third-order valence-corrected chi connectivity index (χ3v) is 3.75. The number of carbonyl (C=O) groups excluding carboxylic acids is 1. The molecule has 0 aliphatic rings. The lowest BCUT2D eigenvalue weighted by Crippen LogP contribution is -2.28. The van der Waals surface area contributed by atoms with Gasteiger partial charge in [0.2, 0.25) is 0 Å². The molecule has 0 aliphatic carbocycles. The molecule has 0 saturated heterocycles. The first-order valence-electron chi connectivity index (χ1n) is 6.53. The Morgan fingerprint density at radius 1 is 1.04 bits per heavy atom. The van der Waals surface area contributed by atoms with E-state index in [9.17, 15) is 26.4 Å². The van der Waals surface area contributed by atoms with Gasteiger partial charge in [-0.3, -0.25) is 0 Å². The van der Waals surface area contributed by atoms with Crippen molar-refractivity contribution in [1.82, 2.24) is 0 Å². The van der Waals surface area contributed by atoms with Gasteiger partial charge in [0.05, 0.1) is 6.61 Å². The quantitative estimate of drug-likeness (QED) is 0.357. The second kappa shape index (κ2) is 6.56. The van der Waals surface area contributed by atoms with E-state index < -0.39 is 27.5 Å². The van der Waals surface area contributed by atoms with E-state index in [4.69, 9.17) is 4.74 Å². The van der Waals surface area contributed by atoms with Crippen molar-refractivity contribution < 1.29 is 40.0 Å². The zero-order valence-corrected chi connectivity index (χ0v) is 13.0. The second-order valence-electron chi connectivity index (χ2n) is 4.38. The van der Waals surface area contributed by atoms with Crippen LogP contribution >= 0.6 is 0 Å². The largest absolute Gasteiger partial charge is 0.534 e. The molecular weight excluding hydrogens is 353 g/mol. The minimum Gasteiger partial charge on any atom is -0.434 e. The molecule has 2 aromatic rings. The molecule has 2 rings (SSSR count). The standard InChI is InChI=1S/C14H11F3O6S/c1-2-21-13(18)22-11-7-8-12(10-6-4-3-5-9(10)11)23-24(19,20)14(15,16)17/h3-8H,2H2,1H3. The minimum absolute atomic E-state index is 0.0131. The molecule has 10 heteroatoms. The predicted octanol–water partition coefficient (Wildman–Crippen LogP) is 3.60. The highest BCUT2D eigenvalue weighted by atomic mass is 32.2. The fraction of sp³-hybridized carbons (Fsp3) is 0.214. The summed E-state index contributed by atoms with van der Waals surface area (Å²) in [6.07, 6.45) is -1.00. The Kier molecular flexibility index (Phi) is 4.88. The fourth-order valence-electron chi connectivity index (χ4n) is 1.81. The summed E-state index contributed by atoms with van der Waals surface area (Å²) in [5.74, 6) is -0.556. The van der Waals surface area contributed by atoms with Crippen molar-refractivity contribution in [1.29, 1.82) is 0 Å². The van der Waals surface area contributed by atoms with Crippen LogP contribution in [0, 0.1) is 0 Å². The van der Waals surface area contributed by atoms with Gasteiger partial charge < -0.3 is 13.7 Å². The Morgan fingerprint density at radius 2 is 1.58 bits per heavy atom. The Labute approximate surface area is 134 Å². The predicted molar refractivity (Wildman–Crippen MR) is 77.2 cm³/mol. The smallest absolute Gasteiger partial charge is 0.434 e. The fourth-order valence-corrected chi connectivity index (χ4v) is 2.28. The Morgan fingerprint density at radius 3 is 2.12 bits per heavy atom. The maximum atomic E-state index is 12.5. The van der Waals surface area contributed by atoms with Gasteiger partial charge in [-0.05, 0) is 19.1 Å². The molecule has 0 N–H and O–H groups in total. The van der Waals surface area contributed by atoms with Gasteiger partial charge in [-0.2, -0.15) is 21.6 Å². The molecule has 24 heavy (non-hydrogen) atoms. The molecule has 0 bridgehead atoms. The van der Waals surface area contributed by atoms with Crippen molar-refractivity contribution in [3.63, 3.8) is 0 Å². The number of halogens is 3. The van der Waals surface area contributed by atoms with Gasteiger partial charge in [0.1, 0.15) is 5.75 Å². The van der Waals surface area contributed by atoms with Crippen LogP contribution in [0.2, 0.25) is 0 Å². The number of hydrogen-bond donors (Lipinski definition) is 0. The lowest BCUT2D eigenvalue weighted by molar-refractivity contribution is -0.0499. The molecule has 0 saturated carbocycles. The van der Waals surface area contributed by atoms with Crippen molar-refractivity contribution in [2.75, 3.05) is 6.61 Å². The lowest BCUT2D eigenvalue weighted by atomic mass is 10.1. The molecule has 2 aromatic carbocycles. The average molecular weight is 364 g/mol. The minimum atomic E-state index is -5.82. The first-order valence-corrected chi connectivity index (χ1v) is 7.93. The van der Waals surface area contributed by atoms with Crippen molar-refractivity contribution in [2.45, 2.75) is 12.4 Å². The highest BCUT2D eigenvalue weighted by Gasteiger charge is 2.48. The third kappa shape index (κ3) is 3.70. The first kappa shape index (κ1) is 17.9. The van der Waals surface area contributed by atoms with Gasteiger partial charge in [-0.15, -0.1) is 0 Å². The summed E-state index contributed by atoms with van der Waals surface area (Å²) in [6.45, 7) is 1.64. The van der Waals surface area contributed by atoms with Crippen LogP contribution in [-0.2, 0) is 14.9 Å². The number of ether oxygens (including phenoxy) is 2. The summed E-state index contributed by atoms with van der Waals surface area (Å²) >= 11 is 0. The van der Waals surface area contributed by atoms with E-state index in [-0.39, 0.29) is 23.1 Å². The summed E-state index contributed by atoms with van der Waals surface area (Å²) in [5, 5.41) is 0.201. The molecule has 130 valence electrons.